The average molecular weight is 296 g/mol. The second-order valence-electron chi connectivity index (χ2n) is 5.56. The number of ether oxygens (including phenoxy) is 1. The first-order chi connectivity index (χ1) is 10.7. The van der Waals surface area contributed by atoms with Crippen LogP contribution in [0.15, 0.2) is 60.7 Å². The van der Waals surface area contributed by atoms with Gasteiger partial charge in [0.05, 0.1) is 11.4 Å². The standard InChI is InChI=1S/C18H20N2O2/c1-19-13-12-17(14-19)22-18(21)20(15-8-4-2-5-9-15)16-10-6-3-7-11-16/h2-11,17H,12-14H2,1H3. The van der Waals surface area contributed by atoms with Crippen molar-refractivity contribution in [1.82, 2.24) is 4.90 Å². The summed E-state index contributed by atoms with van der Waals surface area (Å²) in [6.45, 7) is 1.76. The molecule has 0 N–H and O–H groups in total. The highest BCUT2D eigenvalue weighted by atomic mass is 16.6. The molecule has 114 valence electrons. The maximum atomic E-state index is 12.7. The number of anilines is 2. The first kappa shape index (κ1) is 14.6. The summed E-state index contributed by atoms with van der Waals surface area (Å²) in [4.78, 5) is 16.5. The molecule has 1 saturated heterocycles. The number of likely N-dealkylation sites (N-methyl/N-ethyl adjacent to an activating group) is 1. The van der Waals surface area contributed by atoms with E-state index in [0.29, 0.717) is 0 Å². The van der Waals surface area contributed by atoms with Gasteiger partial charge in [0.1, 0.15) is 6.10 Å². The number of likely N-dealkylation sites (tertiary alicyclic amines) is 1. The average Bonchev–Trinajstić information content (AvgIpc) is 2.95. The van der Waals surface area contributed by atoms with Crippen molar-refractivity contribution < 1.29 is 9.53 Å². The van der Waals surface area contributed by atoms with Crippen LogP contribution in [-0.4, -0.2) is 37.2 Å². The molecule has 1 atom stereocenters. The van der Waals surface area contributed by atoms with Gasteiger partial charge in [0, 0.05) is 13.1 Å². The van der Waals surface area contributed by atoms with Crippen LogP contribution in [0.3, 0.4) is 0 Å². The Morgan fingerprint density at radius 2 is 1.59 bits per heavy atom. The fraction of sp³-hybridized carbons (Fsp3) is 0.278. The quantitative estimate of drug-likeness (QED) is 0.866. The molecule has 0 aromatic heterocycles. The number of benzene rings is 2. The van der Waals surface area contributed by atoms with E-state index in [-0.39, 0.29) is 12.2 Å². The third-order valence-corrected chi connectivity index (χ3v) is 3.83. The normalized spacial score (nSPS) is 18.1. The van der Waals surface area contributed by atoms with Gasteiger partial charge < -0.3 is 9.64 Å². The molecule has 1 heterocycles. The van der Waals surface area contributed by atoms with E-state index in [2.05, 4.69) is 4.90 Å². The summed E-state index contributed by atoms with van der Waals surface area (Å²) in [7, 11) is 2.04. The molecule has 0 bridgehead atoms. The van der Waals surface area contributed by atoms with Gasteiger partial charge in [0.15, 0.2) is 0 Å². The molecule has 1 fully saturated rings. The zero-order chi connectivity index (χ0) is 15.4. The molecule has 2 aromatic rings. The van der Waals surface area contributed by atoms with Crippen LogP contribution >= 0.6 is 0 Å². The smallest absolute Gasteiger partial charge is 0.419 e. The lowest BCUT2D eigenvalue weighted by Gasteiger charge is -2.24. The first-order valence-corrected chi connectivity index (χ1v) is 7.53. The summed E-state index contributed by atoms with van der Waals surface area (Å²) in [5, 5.41) is 0. The van der Waals surface area contributed by atoms with E-state index < -0.39 is 0 Å². The fourth-order valence-corrected chi connectivity index (χ4v) is 2.70. The Bertz CT molecular complexity index is 576. The Morgan fingerprint density at radius 3 is 2.05 bits per heavy atom. The highest BCUT2D eigenvalue weighted by Gasteiger charge is 2.27. The summed E-state index contributed by atoms with van der Waals surface area (Å²) in [6.07, 6.45) is 0.532. The predicted molar refractivity (Wildman–Crippen MR) is 87.4 cm³/mol. The number of carbonyl (C=O) groups excluding carboxylic acids is 1. The van der Waals surface area contributed by atoms with Gasteiger partial charge in [-0.25, -0.2) is 9.69 Å². The molecule has 4 nitrogen and oxygen atoms in total. The molecule has 22 heavy (non-hydrogen) atoms. The van der Waals surface area contributed by atoms with Gasteiger partial charge in [-0.05, 0) is 37.7 Å². The van der Waals surface area contributed by atoms with Crippen LogP contribution in [0.4, 0.5) is 16.2 Å². The van der Waals surface area contributed by atoms with Crippen molar-refractivity contribution in [2.45, 2.75) is 12.5 Å². The van der Waals surface area contributed by atoms with Crippen molar-refractivity contribution in [3.8, 4) is 0 Å². The summed E-state index contributed by atoms with van der Waals surface area (Å²) in [5.41, 5.74) is 1.62. The molecular weight excluding hydrogens is 276 g/mol. The van der Waals surface area contributed by atoms with E-state index in [1.54, 1.807) is 4.90 Å². The van der Waals surface area contributed by atoms with E-state index in [9.17, 15) is 4.79 Å². The van der Waals surface area contributed by atoms with Gasteiger partial charge in [0.2, 0.25) is 0 Å². The molecule has 4 heteroatoms. The van der Waals surface area contributed by atoms with E-state index >= 15 is 0 Å². The Kier molecular flexibility index (Phi) is 4.39. The number of hydrogen-bond acceptors (Lipinski definition) is 3. The summed E-state index contributed by atoms with van der Waals surface area (Å²) >= 11 is 0. The summed E-state index contributed by atoms with van der Waals surface area (Å²) in [5.74, 6) is 0. The number of amides is 1. The maximum Gasteiger partial charge on any atom is 0.419 e. The number of para-hydroxylation sites is 2. The van der Waals surface area contributed by atoms with E-state index in [1.807, 2.05) is 67.7 Å². The van der Waals surface area contributed by atoms with E-state index in [0.717, 1.165) is 30.9 Å². The Morgan fingerprint density at radius 1 is 1.05 bits per heavy atom. The number of rotatable bonds is 3. The third kappa shape index (κ3) is 3.28. The lowest BCUT2D eigenvalue weighted by Crippen LogP contribution is -2.31. The maximum absolute atomic E-state index is 12.7. The predicted octanol–water partition coefficient (Wildman–Crippen LogP) is 3.67. The van der Waals surface area contributed by atoms with Gasteiger partial charge in [-0.15, -0.1) is 0 Å². The monoisotopic (exact) mass is 296 g/mol. The lowest BCUT2D eigenvalue weighted by atomic mass is 10.2. The minimum Gasteiger partial charge on any atom is -0.444 e. The largest absolute Gasteiger partial charge is 0.444 e. The second kappa shape index (κ2) is 6.62. The number of nitrogens with zero attached hydrogens (tertiary/aromatic N) is 2. The molecule has 1 unspecified atom stereocenters. The van der Waals surface area contributed by atoms with E-state index in [4.69, 9.17) is 4.74 Å². The minimum absolute atomic E-state index is 0.0348. The zero-order valence-corrected chi connectivity index (χ0v) is 12.7. The topological polar surface area (TPSA) is 32.8 Å². The van der Waals surface area contributed by atoms with Gasteiger partial charge >= 0.3 is 6.09 Å². The van der Waals surface area contributed by atoms with Gasteiger partial charge in [-0.1, -0.05) is 36.4 Å². The van der Waals surface area contributed by atoms with Crippen molar-refractivity contribution in [2.75, 3.05) is 25.0 Å². The zero-order valence-electron chi connectivity index (χ0n) is 12.7. The molecule has 2 aromatic carbocycles. The molecule has 1 amide bonds. The Hall–Kier alpha value is -2.33. The molecule has 1 aliphatic heterocycles. The van der Waals surface area contributed by atoms with Crippen LogP contribution in [-0.2, 0) is 4.74 Å². The number of hydrogen-bond donors (Lipinski definition) is 0. The van der Waals surface area contributed by atoms with Crippen molar-refractivity contribution >= 4 is 17.5 Å². The highest BCUT2D eigenvalue weighted by molar-refractivity contribution is 5.96. The first-order valence-electron chi connectivity index (χ1n) is 7.53. The Balaban J connectivity index is 1.84. The van der Waals surface area contributed by atoms with Crippen molar-refractivity contribution in [3.63, 3.8) is 0 Å². The van der Waals surface area contributed by atoms with Crippen LogP contribution in [0, 0.1) is 0 Å². The van der Waals surface area contributed by atoms with Gasteiger partial charge in [0.25, 0.3) is 0 Å². The van der Waals surface area contributed by atoms with Crippen LogP contribution < -0.4 is 4.90 Å². The molecule has 1 aliphatic rings. The molecule has 3 rings (SSSR count). The lowest BCUT2D eigenvalue weighted by molar-refractivity contribution is 0.111. The molecule has 0 aliphatic carbocycles. The van der Waals surface area contributed by atoms with Crippen LogP contribution in [0.1, 0.15) is 6.42 Å². The van der Waals surface area contributed by atoms with Crippen molar-refractivity contribution in [1.29, 1.82) is 0 Å². The summed E-state index contributed by atoms with van der Waals surface area (Å²) < 4.78 is 5.70. The fourth-order valence-electron chi connectivity index (χ4n) is 2.70. The minimum atomic E-state index is -0.322. The number of carbonyl (C=O) groups is 1. The van der Waals surface area contributed by atoms with Crippen LogP contribution in [0.5, 0.6) is 0 Å². The van der Waals surface area contributed by atoms with Gasteiger partial charge in [-0.2, -0.15) is 0 Å². The SMILES string of the molecule is CN1CCC(OC(=O)N(c2ccccc2)c2ccccc2)C1. The van der Waals surface area contributed by atoms with E-state index in [1.165, 1.54) is 0 Å². The highest BCUT2D eigenvalue weighted by Crippen LogP contribution is 2.26. The third-order valence-electron chi connectivity index (χ3n) is 3.83. The van der Waals surface area contributed by atoms with Crippen LogP contribution in [0.2, 0.25) is 0 Å². The molecule has 0 saturated carbocycles. The second-order valence-corrected chi connectivity index (χ2v) is 5.56. The van der Waals surface area contributed by atoms with Crippen molar-refractivity contribution in [2.24, 2.45) is 0 Å². The van der Waals surface area contributed by atoms with Crippen LogP contribution in [0.25, 0.3) is 0 Å². The summed E-state index contributed by atoms with van der Waals surface area (Å²) in [6, 6.07) is 19.2. The molecule has 0 spiro atoms. The van der Waals surface area contributed by atoms with Gasteiger partial charge in [-0.3, -0.25) is 0 Å². The Labute approximate surface area is 130 Å². The molecule has 0 radical (unpaired) electrons. The van der Waals surface area contributed by atoms with Crippen molar-refractivity contribution in [3.05, 3.63) is 60.7 Å². The molecular formula is C18H20N2O2.